The van der Waals surface area contributed by atoms with Crippen LogP contribution in [0, 0.1) is 5.82 Å². The molecule has 0 saturated heterocycles. The maximum Gasteiger partial charge on any atom is 0.339 e. The standard InChI is InChI=1S/C24H22ClFN2O3S/c1-24(2,3)31-23(30)19-7-5-4-6-18(19)22(29)27-17-12-13-20(26)21(14-17)32-28-16-10-8-15(25)9-11-16/h4-14,28H,1-3H3,(H,27,29). The van der Waals surface area contributed by atoms with E-state index in [0.717, 1.165) is 17.6 Å². The third-order valence-electron chi connectivity index (χ3n) is 4.10. The number of esters is 1. The van der Waals surface area contributed by atoms with Gasteiger partial charge in [0.1, 0.15) is 11.4 Å². The number of amides is 1. The first-order valence-corrected chi connectivity index (χ1v) is 10.9. The van der Waals surface area contributed by atoms with Gasteiger partial charge in [-0.15, -0.1) is 0 Å². The number of hydrogen-bond acceptors (Lipinski definition) is 5. The molecule has 0 aliphatic heterocycles. The summed E-state index contributed by atoms with van der Waals surface area (Å²) >= 11 is 6.94. The topological polar surface area (TPSA) is 67.4 Å². The summed E-state index contributed by atoms with van der Waals surface area (Å²) in [4.78, 5) is 25.7. The zero-order chi connectivity index (χ0) is 23.3. The van der Waals surface area contributed by atoms with Crippen molar-refractivity contribution in [3.8, 4) is 0 Å². The number of anilines is 2. The molecule has 0 bridgehead atoms. The Kier molecular flexibility index (Phi) is 7.43. The quantitative estimate of drug-likeness (QED) is 0.305. The van der Waals surface area contributed by atoms with Crippen LogP contribution in [0.2, 0.25) is 5.02 Å². The monoisotopic (exact) mass is 472 g/mol. The predicted octanol–water partition coefficient (Wildman–Crippen LogP) is 6.81. The highest BCUT2D eigenvalue weighted by molar-refractivity contribution is 8.00. The molecule has 0 saturated carbocycles. The summed E-state index contributed by atoms with van der Waals surface area (Å²) < 4.78 is 22.7. The summed E-state index contributed by atoms with van der Waals surface area (Å²) in [6, 6.07) is 17.6. The fourth-order valence-corrected chi connectivity index (χ4v) is 3.52. The molecule has 8 heteroatoms. The number of benzene rings is 3. The summed E-state index contributed by atoms with van der Waals surface area (Å²) in [5.41, 5.74) is 0.761. The second kappa shape index (κ2) is 10.1. The molecule has 0 aromatic heterocycles. The normalized spacial score (nSPS) is 11.0. The lowest BCUT2D eigenvalue weighted by Gasteiger charge is -2.20. The number of carbonyl (C=O) groups excluding carboxylic acids is 2. The van der Waals surface area contributed by atoms with Crippen LogP contribution in [0.15, 0.2) is 71.6 Å². The first-order chi connectivity index (χ1) is 15.1. The number of halogens is 2. The van der Waals surface area contributed by atoms with E-state index in [4.69, 9.17) is 16.3 Å². The van der Waals surface area contributed by atoms with Crippen LogP contribution >= 0.6 is 23.5 Å². The Labute approximate surface area is 195 Å². The Bertz CT molecular complexity index is 1130. The number of hydrogen-bond donors (Lipinski definition) is 2. The Morgan fingerprint density at radius 2 is 1.56 bits per heavy atom. The Hall–Kier alpha value is -3.03. The van der Waals surface area contributed by atoms with E-state index in [-0.39, 0.29) is 16.0 Å². The first-order valence-electron chi connectivity index (χ1n) is 9.74. The van der Waals surface area contributed by atoms with Crippen molar-refractivity contribution in [3.63, 3.8) is 0 Å². The van der Waals surface area contributed by atoms with Crippen LogP contribution in [0.1, 0.15) is 41.5 Å². The third-order valence-corrected chi connectivity index (χ3v) is 5.23. The van der Waals surface area contributed by atoms with E-state index in [1.165, 1.54) is 30.3 Å². The molecule has 166 valence electrons. The molecule has 3 aromatic rings. The smallest absolute Gasteiger partial charge is 0.339 e. The van der Waals surface area contributed by atoms with Gasteiger partial charge < -0.3 is 14.8 Å². The van der Waals surface area contributed by atoms with Crippen molar-refractivity contribution in [1.29, 1.82) is 0 Å². The molecular weight excluding hydrogens is 451 g/mol. The molecule has 5 nitrogen and oxygen atoms in total. The summed E-state index contributed by atoms with van der Waals surface area (Å²) in [5, 5.41) is 3.32. The molecule has 2 N–H and O–H groups in total. The second-order valence-corrected chi connectivity index (χ2v) is 9.14. The highest BCUT2D eigenvalue weighted by Crippen LogP contribution is 2.28. The fraction of sp³-hybridized carbons (Fsp3) is 0.167. The Morgan fingerprint density at radius 1 is 0.938 bits per heavy atom. The summed E-state index contributed by atoms with van der Waals surface area (Å²) in [5.74, 6) is -1.53. The van der Waals surface area contributed by atoms with Gasteiger partial charge in [-0.3, -0.25) is 4.79 Å². The van der Waals surface area contributed by atoms with Gasteiger partial charge in [-0.05, 0) is 87.3 Å². The van der Waals surface area contributed by atoms with Crippen LogP contribution in [0.3, 0.4) is 0 Å². The van der Waals surface area contributed by atoms with Crippen LogP contribution in [-0.4, -0.2) is 17.5 Å². The number of carbonyl (C=O) groups is 2. The van der Waals surface area contributed by atoms with Crippen LogP contribution in [-0.2, 0) is 4.74 Å². The van der Waals surface area contributed by atoms with Crippen molar-refractivity contribution >= 4 is 46.8 Å². The highest BCUT2D eigenvalue weighted by atomic mass is 35.5. The van der Waals surface area contributed by atoms with Gasteiger partial charge in [0.2, 0.25) is 0 Å². The van der Waals surface area contributed by atoms with Gasteiger partial charge in [0.05, 0.1) is 16.0 Å². The minimum atomic E-state index is -0.694. The Morgan fingerprint density at radius 3 is 2.22 bits per heavy atom. The van der Waals surface area contributed by atoms with E-state index in [1.54, 1.807) is 57.2 Å². The van der Waals surface area contributed by atoms with Gasteiger partial charge in [0.15, 0.2) is 0 Å². The van der Waals surface area contributed by atoms with Gasteiger partial charge in [0.25, 0.3) is 5.91 Å². The van der Waals surface area contributed by atoms with Crippen molar-refractivity contribution in [3.05, 3.63) is 88.7 Å². The Balaban J connectivity index is 1.75. The van der Waals surface area contributed by atoms with Crippen molar-refractivity contribution in [2.24, 2.45) is 0 Å². The average molecular weight is 473 g/mol. The number of rotatable bonds is 6. The maximum atomic E-state index is 14.3. The van der Waals surface area contributed by atoms with E-state index in [0.29, 0.717) is 10.7 Å². The third kappa shape index (κ3) is 6.48. The van der Waals surface area contributed by atoms with Crippen LogP contribution in [0.5, 0.6) is 0 Å². The molecule has 0 aliphatic carbocycles. The molecule has 0 heterocycles. The van der Waals surface area contributed by atoms with Crippen molar-refractivity contribution < 1.29 is 18.7 Å². The summed E-state index contributed by atoms with van der Waals surface area (Å²) in [6.45, 7) is 5.26. The molecule has 0 atom stereocenters. The molecule has 3 rings (SSSR count). The summed E-state index contributed by atoms with van der Waals surface area (Å²) in [7, 11) is 0. The lowest BCUT2D eigenvalue weighted by molar-refractivity contribution is 0.00678. The first kappa shape index (κ1) is 23.6. The molecule has 0 fully saturated rings. The number of nitrogens with one attached hydrogen (secondary N) is 2. The molecule has 0 radical (unpaired) electrons. The largest absolute Gasteiger partial charge is 0.456 e. The van der Waals surface area contributed by atoms with Crippen LogP contribution in [0.4, 0.5) is 15.8 Å². The average Bonchev–Trinajstić information content (AvgIpc) is 2.74. The SMILES string of the molecule is CC(C)(C)OC(=O)c1ccccc1C(=O)Nc1ccc(F)c(SNc2ccc(Cl)cc2)c1. The zero-order valence-electron chi connectivity index (χ0n) is 17.7. The molecule has 32 heavy (non-hydrogen) atoms. The second-order valence-electron chi connectivity index (χ2n) is 7.86. The van der Waals surface area contributed by atoms with Crippen LogP contribution < -0.4 is 10.0 Å². The van der Waals surface area contributed by atoms with E-state index >= 15 is 0 Å². The van der Waals surface area contributed by atoms with Gasteiger partial charge in [-0.25, -0.2) is 9.18 Å². The molecule has 1 amide bonds. The van der Waals surface area contributed by atoms with Crippen LogP contribution in [0.25, 0.3) is 0 Å². The van der Waals surface area contributed by atoms with Gasteiger partial charge in [-0.1, -0.05) is 23.7 Å². The lowest BCUT2D eigenvalue weighted by atomic mass is 10.1. The zero-order valence-corrected chi connectivity index (χ0v) is 19.3. The minimum Gasteiger partial charge on any atom is -0.456 e. The van der Waals surface area contributed by atoms with Crippen molar-refractivity contribution in [2.45, 2.75) is 31.3 Å². The number of ether oxygens (including phenoxy) is 1. The molecule has 3 aromatic carbocycles. The lowest BCUT2D eigenvalue weighted by Crippen LogP contribution is -2.26. The molecular formula is C24H22ClFN2O3S. The van der Waals surface area contributed by atoms with E-state index in [2.05, 4.69) is 10.0 Å². The van der Waals surface area contributed by atoms with E-state index < -0.39 is 23.3 Å². The van der Waals surface area contributed by atoms with Gasteiger partial charge in [-0.2, -0.15) is 0 Å². The van der Waals surface area contributed by atoms with Gasteiger partial charge in [0, 0.05) is 16.4 Å². The minimum absolute atomic E-state index is 0.154. The van der Waals surface area contributed by atoms with E-state index in [9.17, 15) is 14.0 Å². The fourth-order valence-electron chi connectivity index (χ4n) is 2.68. The van der Waals surface area contributed by atoms with E-state index in [1.807, 2.05) is 0 Å². The molecule has 0 aliphatic rings. The molecule has 0 unspecified atom stereocenters. The predicted molar refractivity (Wildman–Crippen MR) is 127 cm³/mol. The van der Waals surface area contributed by atoms with Gasteiger partial charge >= 0.3 is 5.97 Å². The van der Waals surface area contributed by atoms with Crippen molar-refractivity contribution in [1.82, 2.24) is 0 Å². The van der Waals surface area contributed by atoms with Crippen molar-refractivity contribution in [2.75, 3.05) is 10.0 Å². The highest BCUT2D eigenvalue weighted by Gasteiger charge is 2.23. The maximum absolute atomic E-state index is 14.3. The summed E-state index contributed by atoms with van der Waals surface area (Å²) in [6.07, 6.45) is 0. The molecule has 0 spiro atoms.